The summed E-state index contributed by atoms with van der Waals surface area (Å²) in [6, 6.07) is 21.6. The molecule has 40 heavy (non-hydrogen) atoms. The number of para-hydroxylation sites is 2. The van der Waals surface area contributed by atoms with Gasteiger partial charge in [0.2, 0.25) is 0 Å². The van der Waals surface area contributed by atoms with Crippen molar-refractivity contribution in [2.24, 2.45) is 0 Å². The predicted octanol–water partition coefficient (Wildman–Crippen LogP) is 7.19. The fraction of sp³-hybridized carbons (Fsp3) is 0.375. The summed E-state index contributed by atoms with van der Waals surface area (Å²) in [6.45, 7) is 4.93. The number of ether oxygens (including phenoxy) is 1. The molecule has 210 valence electrons. The van der Waals surface area contributed by atoms with Crippen LogP contribution in [0.5, 0.6) is 0 Å². The molecular weight excluding hydrogens is 522 g/mol. The topological polar surface area (TPSA) is 90.3 Å². The molecule has 0 bridgehead atoms. The van der Waals surface area contributed by atoms with Gasteiger partial charge in [0.05, 0.1) is 22.5 Å². The Morgan fingerprint density at radius 3 is 2.45 bits per heavy atom. The van der Waals surface area contributed by atoms with E-state index in [1.54, 1.807) is 6.07 Å². The molecule has 1 aliphatic carbocycles. The number of nitrogens with zero attached hydrogens (tertiary/aromatic N) is 2. The number of benzene rings is 3. The second-order valence-corrected chi connectivity index (χ2v) is 12.2. The van der Waals surface area contributed by atoms with Crippen LogP contribution in [0, 0.1) is 0 Å². The Kier molecular flexibility index (Phi) is 8.54. The molecule has 1 aromatic heterocycles. The Hall–Kier alpha value is -3.65. The summed E-state index contributed by atoms with van der Waals surface area (Å²) in [6.07, 6.45) is 5.93. The van der Waals surface area contributed by atoms with Gasteiger partial charge in [-0.2, -0.15) is 0 Å². The fourth-order valence-corrected chi connectivity index (χ4v) is 6.30. The van der Waals surface area contributed by atoms with E-state index in [4.69, 9.17) is 9.72 Å². The van der Waals surface area contributed by atoms with Gasteiger partial charge in [-0.15, -0.1) is 0 Å². The molecule has 1 amide bonds. The number of unbranched alkanes of at least 4 members (excludes halogenated alkanes) is 1. The molecule has 8 heteroatoms. The quantitative estimate of drug-likeness (QED) is 0.197. The summed E-state index contributed by atoms with van der Waals surface area (Å²) in [7, 11) is -4.13. The number of hydrogen-bond donors (Lipinski definition) is 1. The van der Waals surface area contributed by atoms with Crippen molar-refractivity contribution >= 4 is 27.1 Å². The SMILES string of the molecule is CCCCOC(=O)NS(=O)(=O)c1ccc(CCC)cc1-c1ccc(Cn2c(C3CCC3)nc3ccccc32)cc1. The van der Waals surface area contributed by atoms with Gasteiger partial charge < -0.3 is 9.30 Å². The van der Waals surface area contributed by atoms with Crippen molar-refractivity contribution in [1.29, 1.82) is 0 Å². The molecule has 0 aliphatic heterocycles. The molecule has 7 nitrogen and oxygen atoms in total. The average Bonchev–Trinajstić information content (AvgIpc) is 3.25. The minimum atomic E-state index is -4.13. The van der Waals surface area contributed by atoms with Gasteiger partial charge in [0.15, 0.2) is 0 Å². The Labute approximate surface area is 236 Å². The van der Waals surface area contributed by atoms with Gasteiger partial charge in [-0.25, -0.2) is 22.9 Å². The lowest BCUT2D eigenvalue weighted by atomic mass is 9.85. The summed E-state index contributed by atoms with van der Waals surface area (Å²) in [5.74, 6) is 1.65. The lowest BCUT2D eigenvalue weighted by Crippen LogP contribution is -2.31. The fourth-order valence-electron chi connectivity index (χ4n) is 5.20. The van der Waals surface area contributed by atoms with Crippen molar-refractivity contribution in [1.82, 2.24) is 14.3 Å². The third-order valence-electron chi connectivity index (χ3n) is 7.58. The molecule has 0 spiro atoms. The Bertz CT molecular complexity index is 1590. The number of sulfonamides is 1. The van der Waals surface area contributed by atoms with E-state index in [2.05, 4.69) is 28.3 Å². The standard InChI is InChI=1S/C32H37N3O4S/c1-3-5-20-39-32(36)34-40(37,38)30-19-16-23(9-4-2)21-27(30)25-17-14-24(15-18-25)22-35-29-13-7-6-12-28(29)33-31(35)26-10-8-11-26/h6-7,12-19,21,26H,3-5,8-11,20,22H2,1-2H3,(H,34,36). The molecule has 1 fully saturated rings. The number of aromatic nitrogens is 2. The molecule has 0 unspecified atom stereocenters. The molecule has 1 saturated carbocycles. The van der Waals surface area contributed by atoms with Crippen molar-refractivity contribution in [2.75, 3.05) is 6.61 Å². The predicted molar refractivity (Wildman–Crippen MR) is 158 cm³/mol. The third kappa shape index (κ3) is 6.07. The Morgan fingerprint density at radius 2 is 1.75 bits per heavy atom. The molecule has 0 atom stereocenters. The highest BCUT2D eigenvalue weighted by molar-refractivity contribution is 7.90. The molecule has 1 aliphatic rings. The van der Waals surface area contributed by atoms with Crippen molar-refractivity contribution in [3.63, 3.8) is 0 Å². The molecule has 0 saturated heterocycles. The number of imidazole rings is 1. The maximum atomic E-state index is 13.3. The highest BCUT2D eigenvalue weighted by Crippen LogP contribution is 2.37. The first-order valence-electron chi connectivity index (χ1n) is 14.3. The smallest absolute Gasteiger partial charge is 0.421 e. The summed E-state index contributed by atoms with van der Waals surface area (Å²) >= 11 is 0. The molecule has 1 N–H and O–H groups in total. The number of carbonyl (C=O) groups is 1. The van der Waals surface area contributed by atoms with E-state index >= 15 is 0 Å². The lowest BCUT2D eigenvalue weighted by Gasteiger charge is -2.25. The summed E-state index contributed by atoms with van der Waals surface area (Å²) in [5.41, 5.74) is 5.64. The van der Waals surface area contributed by atoms with Crippen LogP contribution >= 0.6 is 0 Å². The van der Waals surface area contributed by atoms with Crippen LogP contribution in [0.1, 0.15) is 75.2 Å². The first kappa shape index (κ1) is 27.9. The van der Waals surface area contributed by atoms with E-state index in [0.29, 0.717) is 24.4 Å². The van der Waals surface area contributed by atoms with Crippen molar-refractivity contribution in [3.05, 3.63) is 83.7 Å². The minimum Gasteiger partial charge on any atom is -0.449 e. The van der Waals surface area contributed by atoms with E-state index in [1.807, 2.05) is 55.5 Å². The van der Waals surface area contributed by atoms with Crippen LogP contribution in [-0.2, 0) is 27.7 Å². The van der Waals surface area contributed by atoms with Gasteiger partial charge in [0.1, 0.15) is 5.82 Å². The number of hydrogen-bond acceptors (Lipinski definition) is 5. The highest BCUT2D eigenvalue weighted by atomic mass is 32.2. The maximum absolute atomic E-state index is 13.3. The van der Waals surface area contributed by atoms with Gasteiger partial charge in [0, 0.05) is 18.0 Å². The normalized spacial score (nSPS) is 13.8. The number of rotatable bonds is 11. The first-order valence-corrected chi connectivity index (χ1v) is 15.7. The average molecular weight is 560 g/mol. The Morgan fingerprint density at radius 1 is 1.00 bits per heavy atom. The second-order valence-electron chi connectivity index (χ2n) is 10.5. The van der Waals surface area contributed by atoms with E-state index in [9.17, 15) is 13.2 Å². The van der Waals surface area contributed by atoms with Crippen LogP contribution in [0.4, 0.5) is 4.79 Å². The molecule has 1 heterocycles. The van der Waals surface area contributed by atoms with E-state index in [1.165, 1.54) is 19.3 Å². The zero-order chi connectivity index (χ0) is 28.1. The van der Waals surface area contributed by atoms with E-state index in [-0.39, 0.29) is 11.5 Å². The van der Waals surface area contributed by atoms with Gasteiger partial charge in [-0.1, -0.05) is 75.6 Å². The van der Waals surface area contributed by atoms with Gasteiger partial charge in [0.25, 0.3) is 10.0 Å². The lowest BCUT2D eigenvalue weighted by molar-refractivity contribution is 0.151. The molecular formula is C32H37N3O4S. The van der Waals surface area contributed by atoms with Crippen LogP contribution in [0.25, 0.3) is 22.2 Å². The zero-order valence-electron chi connectivity index (χ0n) is 23.2. The largest absolute Gasteiger partial charge is 0.449 e. The highest BCUT2D eigenvalue weighted by Gasteiger charge is 2.26. The van der Waals surface area contributed by atoms with E-state index < -0.39 is 16.1 Å². The Balaban J connectivity index is 1.44. The van der Waals surface area contributed by atoms with E-state index in [0.717, 1.165) is 52.8 Å². The second kappa shape index (κ2) is 12.3. The molecule has 0 radical (unpaired) electrons. The van der Waals surface area contributed by atoms with Crippen LogP contribution < -0.4 is 4.72 Å². The summed E-state index contributed by atoms with van der Waals surface area (Å²) < 4.78 is 36.0. The number of nitrogens with one attached hydrogen (secondary N) is 1. The zero-order valence-corrected chi connectivity index (χ0v) is 24.0. The summed E-state index contributed by atoms with van der Waals surface area (Å²) in [4.78, 5) is 17.2. The minimum absolute atomic E-state index is 0.0559. The number of fused-ring (bicyclic) bond motifs is 1. The first-order chi connectivity index (χ1) is 19.4. The maximum Gasteiger partial charge on any atom is 0.421 e. The van der Waals surface area contributed by atoms with Gasteiger partial charge in [-0.3, -0.25) is 0 Å². The molecule has 4 aromatic rings. The molecule has 5 rings (SSSR count). The van der Waals surface area contributed by atoms with Crippen LogP contribution in [0.3, 0.4) is 0 Å². The third-order valence-corrected chi connectivity index (χ3v) is 8.95. The van der Waals surface area contributed by atoms with Crippen LogP contribution in [0.2, 0.25) is 0 Å². The number of aryl methyl sites for hydroxylation is 1. The van der Waals surface area contributed by atoms with Crippen molar-refractivity contribution in [2.45, 2.75) is 76.2 Å². The number of carbonyl (C=O) groups excluding carboxylic acids is 1. The van der Waals surface area contributed by atoms with Gasteiger partial charge in [-0.05, 0) is 66.6 Å². The van der Waals surface area contributed by atoms with Crippen LogP contribution in [-0.4, -0.2) is 30.7 Å². The van der Waals surface area contributed by atoms with Crippen LogP contribution in [0.15, 0.2) is 71.6 Å². The van der Waals surface area contributed by atoms with Crippen molar-refractivity contribution in [3.8, 4) is 11.1 Å². The van der Waals surface area contributed by atoms with Crippen molar-refractivity contribution < 1.29 is 17.9 Å². The van der Waals surface area contributed by atoms with Gasteiger partial charge >= 0.3 is 6.09 Å². The number of amides is 1. The molecule has 3 aromatic carbocycles. The summed E-state index contributed by atoms with van der Waals surface area (Å²) in [5, 5.41) is 0. The monoisotopic (exact) mass is 559 g/mol.